The Morgan fingerprint density at radius 2 is 1.22 bits per heavy atom. The predicted octanol–water partition coefficient (Wildman–Crippen LogP) is 15.5. The topological polar surface area (TPSA) is 21.3 Å². The smallest absolute Gasteiger partial charge is 0.136 e. The number of para-hydroxylation sites is 3. The maximum atomic E-state index is 6.29. The molecule has 0 spiro atoms. The summed E-state index contributed by atoms with van der Waals surface area (Å²) in [5, 5.41) is 7.55. The van der Waals surface area contributed by atoms with E-state index in [0.29, 0.717) is 0 Å². The summed E-state index contributed by atoms with van der Waals surface area (Å²) in [7, 11) is 0. The van der Waals surface area contributed by atoms with Gasteiger partial charge in [0.05, 0.1) is 11.6 Å². The van der Waals surface area contributed by atoms with Crippen LogP contribution in [-0.2, 0) is 5.41 Å². The lowest BCUT2D eigenvalue weighted by molar-refractivity contribution is 0.438. The van der Waals surface area contributed by atoms with E-state index in [1.807, 2.05) is 17.4 Å². The van der Waals surface area contributed by atoms with Gasteiger partial charge in [-0.3, -0.25) is 0 Å². The lowest BCUT2D eigenvalue weighted by Crippen LogP contribution is -2.36. The minimum absolute atomic E-state index is 0.0342. The third-order valence-electron chi connectivity index (χ3n) is 13.1. The highest BCUT2D eigenvalue weighted by molar-refractivity contribution is 7.25. The van der Waals surface area contributed by atoms with E-state index in [1.165, 1.54) is 69.9 Å². The van der Waals surface area contributed by atoms with Crippen LogP contribution in [0.1, 0.15) is 18.5 Å². The molecule has 1 aliphatic heterocycles. The van der Waals surface area contributed by atoms with E-state index in [-0.39, 0.29) is 11.5 Å². The van der Waals surface area contributed by atoms with Crippen LogP contribution in [-0.4, -0.2) is 4.57 Å². The summed E-state index contributed by atoms with van der Waals surface area (Å²) in [6, 6.07) is 64.5. The lowest BCUT2D eigenvalue weighted by atomic mass is 9.73. The molecular formula is C55H36N2OS. The second-order valence-electron chi connectivity index (χ2n) is 16.2. The number of rotatable bonds is 5. The van der Waals surface area contributed by atoms with Crippen LogP contribution in [0.2, 0.25) is 0 Å². The van der Waals surface area contributed by atoms with E-state index in [4.69, 9.17) is 4.42 Å². The summed E-state index contributed by atoms with van der Waals surface area (Å²) in [6.45, 7) is 2.42. The van der Waals surface area contributed by atoms with E-state index in [0.717, 1.165) is 38.9 Å². The molecule has 0 saturated heterocycles. The number of hydrogen-bond acceptors (Lipinski definition) is 3. The molecule has 0 radical (unpaired) electrons. The van der Waals surface area contributed by atoms with Crippen molar-refractivity contribution in [1.29, 1.82) is 0 Å². The Morgan fingerprint density at radius 1 is 0.559 bits per heavy atom. The summed E-state index contributed by atoms with van der Waals surface area (Å²) < 4.78 is 11.6. The molecule has 0 amide bonds. The second kappa shape index (κ2) is 12.2. The number of furan rings is 1. The first-order chi connectivity index (χ1) is 29.1. The van der Waals surface area contributed by atoms with Crippen molar-refractivity contribution < 1.29 is 4.42 Å². The molecule has 0 saturated carbocycles. The quantitative estimate of drug-likeness (QED) is 0.174. The first-order valence-electron chi connectivity index (χ1n) is 20.4. The Labute approximate surface area is 345 Å². The highest BCUT2D eigenvalue weighted by atomic mass is 32.1. The van der Waals surface area contributed by atoms with Crippen molar-refractivity contribution in [1.82, 2.24) is 4.57 Å². The van der Waals surface area contributed by atoms with Crippen LogP contribution in [0.5, 0.6) is 0 Å². The highest BCUT2D eigenvalue weighted by Gasteiger charge is 2.48. The standard InChI is InChI=1S/C55H36N2OS/c1-55-32-10-18-47(54(55)57-46-17-5-2-11-40(46)42-15-8-16-45(55)53(42)57)56(37-27-22-34(23-28-37)36-26-31-51-44(33-36)41-12-4-7-21-50(41)59-51)38-29-24-35(25-30-38)39-14-9-20-49-52(39)43-13-3-6-19-48(43)58-49/h2-33,54H,1H3. The molecule has 59 heavy (non-hydrogen) atoms. The van der Waals surface area contributed by atoms with E-state index < -0.39 is 0 Å². The Morgan fingerprint density at radius 3 is 2.07 bits per heavy atom. The number of allylic oxidation sites excluding steroid dienone is 4. The van der Waals surface area contributed by atoms with Gasteiger partial charge in [-0.2, -0.15) is 0 Å². The van der Waals surface area contributed by atoms with E-state index in [9.17, 15) is 0 Å². The van der Waals surface area contributed by atoms with Crippen molar-refractivity contribution in [3.05, 3.63) is 205 Å². The van der Waals surface area contributed by atoms with Gasteiger partial charge >= 0.3 is 0 Å². The number of hydrogen-bond donors (Lipinski definition) is 0. The van der Waals surface area contributed by atoms with Gasteiger partial charge in [0.15, 0.2) is 0 Å². The van der Waals surface area contributed by atoms with Gasteiger partial charge < -0.3 is 13.9 Å². The third kappa shape index (κ3) is 4.63. The van der Waals surface area contributed by atoms with Crippen LogP contribution in [0.3, 0.4) is 0 Å². The Kier molecular flexibility index (Phi) is 6.79. The molecule has 13 rings (SSSR count). The molecule has 2 aliphatic rings. The maximum absolute atomic E-state index is 6.29. The predicted molar refractivity (Wildman–Crippen MR) is 249 cm³/mol. The molecule has 1 aliphatic carbocycles. The number of thiophene rings is 1. The molecule has 0 fully saturated rings. The molecule has 4 heterocycles. The molecule has 3 aromatic heterocycles. The summed E-state index contributed by atoms with van der Waals surface area (Å²) >= 11 is 1.86. The van der Waals surface area contributed by atoms with Crippen molar-refractivity contribution in [2.75, 3.05) is 4.90 Å². The summed E-state index contributed by atoms with van der Waals surface area (Å²) in [6.07, 6.45) is 7.04. The molecule has 2 atom stereocenters. The average molecular weight is 773 g/mol. The van der Waals surface area contributed by atoms with Gasteiger partial charge in [0.25, 0.3) is 0 Å². The molecule has 4 heteroatoms. The van der Waals surface area contributed by atoms with Crippen LogP contribution in [0.15, 0.2) is 204 Å². The molecule has 0 bridgehead atoms. The molecule has 3 nitrogen and oxygen atoms in total. The van der Waals surface area contributed by atoms with Gasteiger partial charge in [0, 0.05) is 69.7 Å². The zero-order valence-corrected chi connectivity index (χ0v) is 33.1. The fourth-order valence-corrected chi connectivity index (χ4v) is 11.5. The summed E-state index contributed by atoms with van der Waals surface area (Å²) in [4.78, 5) is 2.50. The Bertz CT molecular complexity index is 3580. The van der Waals surface area contributed by atoms with E-state index >= 15 is 0 Å². The number of anilines is 2. The second-order valence-corrected chi connectivity index (χ2v) is 17.3. The molecule has 0 N–H and O–H groups in total. The average Bonchev–Trinajstić information content (AvgIpc) is 4.03. The van der Waals surface area contributed by atoms with Gasteiger partial charge in [-0.1, -0.05) is 127 Å². The fourth-order valence-electron chi connectivity index (χ4n) is 10.4. The number of aromatic nitrogens is 1. The van der Waals surface area contributed by atoms with Crippen LogP contribution >= 0.6 is 11.3 Å². The minimum atomic E-state index is -0.238. The maximum Gasteiger partial charge on any atom is 0.136 e. The van der Waals surface area contributed by atoms with Gasteiger partial charge in [-0.05, 0) is 101 Å². The SMILES string of the molecule is CC12C=CC=C(N(c3ccc(-c4ccc5sc6ccccc6c5c4)cc3)c3ccc(-c4cccc5oc6ccccc6c45)cc3)C1n1c3ccccc3c3cccc2c31. The molecule has 2 unspecified atom stereocenters. The van der Waals surface area contributed by atoms with Gasteiger partial charge in [-0.25, -0.2) is 0 Å². The van der Waals surface area contributed by atoms with Crippen LogP contribution < -0.4 is 4.90 Å². The Balaban J connectivity index is 0.975. The molecule has 8 aromatic carbocycles. The van der Waals surface area contributed by atoms with Crippen molar-refractivity contribution in [3.63, 3.8) is 0 Å². The van der Waals surface area contributed by atoms with Crippen LogP contribution in [0.25, 0.3) is 86.2 Å². The van der Waals surface area contributed by atoms with Gasteiger partial charge in [0.2, 0.25) is 0 Å². The monoisotopic (exact) mass is 772 g/mol. The van der Waals surface area contributed by atoms with Crippen molar-refractivity contribution >= 4 is 86.6 Å². The third-order valence-corrected chi connectivity index (χ3v) is 14.2. The zero-order chi connectivity index (χ0) is 38.8. The van der Waals surface area contributed by atoms with Gasteiger partial charge in [0.1, 0.15) is 11.2 Å². The molecule has 11 aromatic rings. The molecular weight excluding hydrogens is 737 g/mol. The Hall–Kier alpha value is -7.14. The van der Waals surface area contributed by atoms with E-state index in [2.05, 4.69) is 204 Å². The summed E-state index contributed by atoms with van der Waals surface area (Å²) in [5.41, 5.74) is 13.8. The van der Waals surface area contributed by atoms with Crippen molar-refractivity contribution in [3.8, 4) is 22.3 Å². The first-order valence-corrected chi connectivity index (χ1v) is 21.2. The normalized spacial score (nSPS) is 17.2. The largest absolute Gasteiger partial charge is 0.456 e. The lowest BCUT2D eigenvalue weighted by Gasteiger charge is -2.41. The van der Waals surface area contributed by atoms with Crippen LogP contribution in [0, 0.1) is 0 Å². The zero-order valence-electron chi connectivity index (χ0n) is 32.3. The number of fused-ring (bicyclic) bond motifs is 12. The minimum Gasteiger partial charge on any atom is -0.456 e. The fraction of sp³-hybridized carbons (Fsp3) is 0.0545. The first kappa shape index (κ1) is 32.9. The summed E-state index contributed by atoms with van der Waals surface area (Å²) in [5.74, 6) is 0. The number of benzene rings is 8. The van der Waals surface area contributed by atoms with E-state index in [1.54, 1.807) is 0 Å². The van der Waals surface area contributed by atoms with Gasteiger partial charge in [-0.15, -0.1) is 11.3 Å². The van der Waals surface area contributed by atoms with Crippen molar-refractivity contribution in [2.45, 2.75) is 18.4 Å². The van der Waals surface area contributed by atoms with Crippen molar-refractivity contribution in [2.24, 2.45) is 0 Å². The molecule has 278 valence electrons. The van der Waals surface area contributed by atoms with Crippen LogP contribution in [0.4, 0.5) is 11.4 Å². The highest BCUT2D eigenvalue weighted by Crippen LogP contribution is 2.57. The number of nitrogens with zero attached hydrogens (tertiary/aromatic N) is 2.